The minimum absolute atomic E-state index is 0.0369. The molecule has 1 aromatic carbocycles. The summed E-state index contributed by atoms with van der Waals surface area (Å²) >= 11 is 0. The molecule has 0 atom stereocenters. The van der Waals surface area contributed by atoms with E-state index in [1.807, 2.05) is 37.3 Å². The van der Waals surface area contributed by atoms with Gasteiger partial charge in [-0.05, 0) is 42.8 Å². The summed E-state index contributed by atoms with van der Waals surface area (Å²) in [6, 6.07) is 9.96. The third-order valence-corrected chi connectivity index (χ3v) is 3.98. The van der Waals surface area contributed by atoms with Crippen LogP contribution in [-0.4, -0.2) is 26.1 Å². The van der Waals surface area contributed by atoms with E-state index in [2.05, 4.69) is 10.4 Å². The minimum atomic E-state index is -0.277. The maximum Gasteiger partial charge on any atom is 0.351 e. The summed E-state index contributed by atoms with van der Waals surface area (Å²) in [5, 5.41) is 8.20. The fourth-order valence-electron chi connectivity index (χ4n) is 2.73. The second-order valence-electron chi connectivity index (χ2n) is 5.83. The quantitative estimate of drug-likeness (QED) is 0.790. The van der Waals surface area contributed by atoms with Crippen LogP contribution in [-0.2, 0) is 11.3 Å². The number of rotatable bonds is 3. The van der Waals surface area contributed by atoms with E-state index in [4.69, 9.17) is 0 Å². The number of carbonyl (C=O) groups is 1. The number of para-hydroxylation sites is 1. The third-order valence-electron chi connectivity index (χ3n) is 3.98. The van der Waals surface area contributed by atoms with Crippen LogP contribution in [0, 0.1) is 6.92 Å². The highest BCUT2D eigenvalue weighted by Gasteiger charge is 2.24. The number of aromatic nitrogens is 3. The SMILES string of the molecule is Cc1cc2ccccc2n2c(=O)n(CC(=O)NC3CC3)nc12. The molecule has 112 valence electrons. The van der Waals surface area contributed by atoms with Gasteiger partial charge < -0.3 is 5.32 Å². The van der Waals surface area contributed by atoms with Gasteiger partial charge in [-0.2, -0.15) is 0 Å². The van der Waals surface area contributed by atoms with Crippen molar-refractivity contribution in [3.63, 3.8) is 0 Å². The van der Waals surface area contributed by atoms with Gasteiger partial charge in [-0.3, -0.25) is 4.79 Å². The zero-order chi connectivity index (χ0) is 15.3. The highest BCUT2D eigenvalue weighted by Crippen LogP contribution is 2.19. The Morgan fingerprint density at radius 3 is 2.91 bits per heavy atom. The van der Waals surface area contributed by atoms with Crippen LogP contribution in [0.3, 0.4) is 0 Å². The van der Waals surface area contributed by atoms with E-state index < -0.39 is 0 Å². The van der Waals surface area contributed by atoms with Crippen molar-refractivity contribution in [2.24, 2.45) is 0 Å². The van der Waals surface area contributed by atoms with Crippen molar-refractivity contribution in [1.82, 2.24) is 19.5 Å². The van der Waals surface area contributed by atoms with E-state index in [1.165, 1.54) is 4.68 Å². The number of fused-ring (bicyclic) bond motifs is 3. The number of aryl methyl sites for hydroxylation is 1. The van der Waals surface area contributed by atoms with Crippen LogP contribution in [0.15, 0.2) is 35.1 Å². The highest BCUT2D eigenvalue weighted by molar-refractivity contribution is 5.83. The average Bonchev–Trinajstić information content (AvgIpc) is 3.24. The fraction of sp³-hybridized carbons (Fsp3) is 0.312. The van der Waals surface area contributed by atoms with E-state index >= 15 is 0 Å². The molecule has 0 spiro atoms. The maximum atomic E-state index is 12.6. The lowest BCUT2D eigenvalue weighted by atomic mass is 10.1. The van der Waals surface area contributed by atoms with Gasteiger partial charge in [0.25, 0.3) is 0 Å². The topological polar surface area (TPSA) is 68.4 Å². The largest absolute Gasteiger partial charge is 0.352 e. The lowest BCUT2D eigenvalue weighted by Crippen LogP contribution is -2.33. The summed E-state index contributed by atoms with van der Waals surface area (Å²) in [5.74, 6) is -0.157. The highest BCUT2D eigenvalue weighted by atomic mass is 16.2. The number of carbonyl (C=O) groups excluding carboxylic acids is 1. The maximum absolute atomic E-state index is 12.6. The van der Waals surface area contributed by atoms with E-state index in [-0.39, 0.29) is 24.2 Å². The molecule has 0 aliphatic heterocycles. The number of hydrogen-bond donors (Lipinski definition) is 1. The third kappa shape index (κ3) is 2.07. The average molecular weight is 296 g/mol. The van der Waals surface area contributed by atoms with Crippen LogP contribution >= 0.6 is 0 Å². The summed E-state index contributed by atoms with van der Waals surface area (Å²) in [5.41, 5.74) is 2.04. The van der Waals surface area contributed by atoms with Gasteiger partial charge in [0.15, 0.2) is 5.65 Å². The molecule has 1 amide bonds. The standard InChI is InChI=1S/C16H16N4O2/c1-10-8-11-4-2-3-5-13(11)20-15(10)18-19(16(20)22)9-14(21)17-12-6-7-12/h2-5,8,12H,6-7,9H2,1H3,(H,17,21). The Balaban J connectivity index is 1.85. The predicted molar refractivity (Wildman–Crippen MR) is 82.9 cm³/mol. The van der Waals surface area contributed by atoms with Crippen molar-refractivity contribution >= 4 is 22.5 Å². The molecule has 1 fully saturated rings. The molecule has 3 aromatic rings. The Kier molecular flexibility index (Phi) is 2.79. The van der Waals surface area contributed by atoms with Crippen molar-refractivity contribution in [3.05, 3.63) is 46.4 Å². The molecule has 0 unspecified atom stereocenters. The van der Waals surface area contributed by atoms with Gasteiger partial charge in [-0.15, -0.1) is 5.10 Å². The van der Waals surface area contributed by atoms with E-state index in [0.29, 0.717) is 5.65 Å². The van der Waals surface area contributed by atoms with Crippen LogP contribution in [0.25, 0.3) is 16.6 Å². The Bertz CT molecular complexity index is 950. The van der Waals surface area contributed by atoms with Crippen LogP contribution in [0.4, 0.5) is 0 Å². The number of benzene rings is 1. The molecule has 1 aliphatic rings. The second-order valence-corrected chi connectivity index (χ2v) is 5.83. The van der Waals surface area contributed by atoms with Crippen LogP contribution in [0.2, 0.25) is 0 Å². The fourth-order valence-corrected chi connectivity index (χ4v) is 2.73. The first-order valence-corrected chi connectivity index (χ1v) is 7.41. The molecular weight excluding hydrogens is 280 g/mol. The lowest BCUT2D eigenvalue weighted by molar-refractivity contribution is -0.122. The molecule has 1 N–H and O–H groups in total. The summed E-state index contributed by atoms with van der Waals surface area (Å²) in [6.07, 6.45) is 2.05. The van der Waals surface area contributed by atoms with Gasteiger partial charge in [0.05, 0.1) is 5.52 Å². The molecule has 22 heavy (non-hydrogen) atoms. The second kappa shape index (κ2) is 4.69. The van der Waals surface area contributed by atoms with Crippen molar-refractivity contribution in [2.75, 3.05) is 0 Å². The van der Waals surface area contributed by atoms with Gasteiger partial charge in [0, 0.05) is 6.04 Å². The number of nitrogens with zero attached hydrogens (tertiary/aromatic N) is 3. The Morgan fingerprint density at radius 2 is 2.14 bits per heavy atom. The van der Waals surface area contributed by atoms with Gasteiger partial charge >= 0.3 is 5.69 Å². The summed E-state index contributed by atoms with van der Waals surface area (Å²) < 4.78 is 2.82. The molecular formula is C16H16N4O2. The Morgan fingerprint density at radius 1 is 1.36 bits per heavy atom. The van der Waals surface area contributed by atoms with Crippen molar-refractivity contribution in [2.45, 2.75) is 32.4 Å². The molecule has 2 aromatic heterocycles. The molecule has 1 saturated carbocycles. The monoisotopic (exact) mass is 296 g/mol. The van der Waals surface area contributed by atoms with E-state index in [9.17, 15) is 9.59 Å². The first-order chi connectivity index (χ1) is 10.6. The molecule has 2 heterocycles. The molecule has 0 saturated heterocycles. The van der Waals surface area contributed by atoms with Gasteiger partial charge in [-0.1, -0.05) is 18.2 Å². The van der Waals surface area contributed by atoms with Crippen LogP contribution < -0.4 is 11.0 Å². The molecule has 0 bridgehead atoms. The Labute approximate surface area is 126 Å². The van der Waals surface area contributed by atoms with Gasteiger partial charge in [-0.25, -0.2) is 13.9 Å². The number of hydrogen-bond acceptors (Lipinski definition) is 3. The lowest BCUT2D eigenvalue weighted by Gasteiger charge is -2.02. The van der Waals surface area contributed by atoms with Gasteiger partial charge in [0.1, 0.15) is 6.54 Å². The smallest absolute Gasteiger partial charge is 0.351 e. The zero-order valence-corrected chi connectivity index (χ0v) is 12.2. The minimum Gasteiger partial charge on any atom is -0.352 e. The predicted octanol–water partition coefficient (Wildman–Crippen LogP) is 1.24. The molecule has 4 rings (SSSR count). The van der Waals surface area contributed by atoms with Gasteiger partial charge in [0.2, 0.25) is 5.91 Å². The van der Waals surface area contributed by atoms with Crippen LogP contribution in [0.5, 0.6) is 0 Å². The Hall–Kier alpha value is -2.63. The molecule has 0 radical (unpaired) electrons. The number of pyridine rings is 1. The molecule has 1 aliphatic carbocycles. The van der Waals surface area contributed by atoms with E-state index in [1.54, 1.807) is 4.40 Å². The first-order valence-electron chi connectivity index (χ1n) is 7.41. The normalized spacial score (nSPS) is 14.6. The zero-order valence-electron chi connectivity index (χ0n) is 12.2. The number of amides is 1. The number of nitrogens with one attached hydrogen (secondary N) is 1. The van der Waals surface area contributed by atoms with Crippen molar-refractivity contribution in [3.8, 4) is 0 Å². The van der Waals surface area contributed by atoms with Crippen molar-refractivity contribution in [1.29, 1.82) is 0 Å². The molecule has 6 heteroatoms. The van der Waals surface area contributed by atoms with Crippen LogP contribution in [0.1, 0.15) is 18.4 Å². The van der Waals surface area contributed by atoms with Crippen molar-refractivity contribution < 1.29 is 4.79 Å². The van der Waals surface area contributed by atoms with E-state index in [0.717, 1.165) is 29.3 Å². The first kappa shape index (κ1) is 13.1. The summed E-state index contributed by atoms with van der Waals surface area (Å²) in [6.45, 7) is 1.88. The summed E-state index contributed by atoms with van der Waals surface area (Å²) in [7, 11) is 0. The molecule has 6 nitrogen and oxygen atoms in total. The summed E-state index contributed by atoms with van der Waals surface area (Å²) in [4.78, 5) is 24.5.